The molecule has 2 aliphatic rings. The largest absolute Gasteiger partial charge is 0.497 e. The van der Waals surface area contributed by atoms with E-state index in [0.717, 1.165) is 36.4 Å². The predicted molar refractivity (Wildman–Crippen MR) is 104 cm³/mol. The molecule has 2 aromatic rings. The smallest absolute Gasteiger partial charge is 0.264 e. The summed E-state index contributed by atoms with van der Waals surface area (Å²) in [6.07, 6.45) is 1.88. The lowest BCUT2D eigenvalue weighted by atomic mass is 10.0. The maximum atomic E-state index is 12.8. The summed E-state index contributed by atoms with van der Waals surface area (Å²) >= 11 is 0. The molecule has 7 nitrogen and oxygen atoms in total. The van der Waals surface area contributed by atoms with Crippen molar-refractivity contribution in [3.05, 3.63) is 53.1 Å². The van der Waals surface area contributed by atoms with Gasteiger partial charge in [-0.15, -0.1) is 0 Å². The van der Waals surface area contributed by atoms with Gasteiger partial charge in [-0.3, -0.25) is 19.4 Å². The number of likely N-dealkylation sites (tertiary alicyclic amines) is 1. The van der Waals surface area contributed by atoms with Gasteiger partial charge in [-0.2, -0.15) is 0 Å². The van der Waals surface area contributed by atoms with Gasteiger partial charge in [0.2, 0.25) is 0 Å². The van der Waals surface area contributed by atoms with Crippen molar-refractivity contribution in [1.29, 1.82) is 0 Å². The number of fused-ring (bicyclic) bond motifs is 1. The molecule has 7 heteroatoms. The molecule has 4 rings (SSSR count). The van der Waals surface area contributed by atoms with Crippen LogP contribution >= 0.6 is 0 Å². The SMILES string of the molecule is COc1ccc(OC)c([C@H]2CCCN2CN2C(=O)c3cccc(N)c3C2=O)c1. The third kappa shape index (κ3) is 2.88. The zero-order chi connectivity index (χ0) is 19.8. The fraction of sp³-hybridized carbons (Fsp3) is 0.333. The Morgan fingerprint density at radius 2 is 1.93 bits per heavy atom. The van der Waals surface area contributed by atoms with Gasteiger partial charge >= 0.3 is 0 Å². The van der Waals surface area contributed by atoms with Crippen LogP contribution in [0.15, 0.2) is 36.4 Å². The number of benzene rings is 2. The van der Waals surface area contributed by atoms with E-state index in [9.17, 15) is 9.59 Å². The summed E-state index contributed by atoms with van der Waals surface area (Å²) in [6.45, 7) is 1.00. The van der Waals surface area contributed by atoms with Crippen LogP contribution in [0.25, 0.3) is 0 Å². The van der Waals surface area contributed by atoms with Crippen molar-refractivity contribution in [3.8, 4) is 11.5 Å². The van der Waals surface area contributed by atoms with Gasteiger partial charge in [0, 0.05) is 23.8 Å². The highest BCUT2D eigenvalue weighted by molar-refractivity contribution is 6.23. The van der Waals surface area contributed by atoms with E-state index in [4.69, 9.17) is 15.2 Å². The van der Waals surface area contributed by atoms with Gasteiger partial charge in [0.25, 0.3) is 11.8 Å². The summed E-state index contributed by atoms with van der Waals surface area (Å²) in [7, 11) is 3.26. The number of anilines is 1. The van der Waals surface area contributed by atoms with Crippen molar-refractivity contribution in [2.24, 2.45) is 0 Å². The van der Waals surface area contributed by atoms with Gasteiger partial charge in [-0.1, -0.05) is 6.07 Å². The molecule has 2 N–H and O–H groups in total. The number of hydrogen-bond donors (Lipinski definition) is 1. The Morgan fingerprint density at radius 3 is 2.64 bits per heavy atom. The van der Waals surface area contributed by atoms with Gasteiger partial charge < -0.3 is 15.2 Å². The molecule has 0 unspecified atom stereocenters. The fourth-order valence-corrected chi connectivity index (χ4v) is 4.12. The molecular formula is C21H23N3O4. The van der Waals surface area contributed by atoms with Crippen LogP contribution in [0.4, 0.5) is 5.69 Å². The highest BCUT2D eigenvalue weighted by atomic mass is 16.5. The molecule has 0 saturated carbocycles. The highest BCUT2D eigenvalue weighted by Crippen LogP contribution is 2.39. The summed E-state index contributed by atoms with van der Waals surface area (Å²) < 4.78 is 10.9. The molecule has 28 heavy (non-hydrogen) atoms. The third-order valence-corrected chi connectivity index (χ3v) is 5.51. The standard InChI is InChI=1S/C21H23N3O4/c1-27-13-8-9-18(28-2)15(11-13)17-7-4-10-23(17)12-24-20(25)14-5-3-6-16(22)19(14)21(24)26/h3,5-6,8-9,11,17H,4,7,10,12,22H2,1-2H3/t17-/m1/s1. The van der Waals surface area contributed by atoms with Crippen molar-refractivity contribution >= 4 is 17.5 Å². The maximum Gasteiger partial charge on any atom is 0.264 e. The average molecular weight is 381 g/mol. The number of nitrogens with two attached hydrogens (primary N) is 1. The van der Waals surface area contributed by atoms with Crippen LogP contribution in [-0.4, -0.2) is 49.0 Å². The molecular weight excluding hydrogens is 358 g/mol. The molecule has 0 bridgehead atoms. The highest BCUT2D eigenvalue weighted by Gasteiger charge is 2.40. The molecule has 1 fully saturated rings. The minimum atomic E-state index is -0.332. The Labute approximate surface area is 163 Å². The summed E-state index contributed by atoms with van der Waals surface area (Å²) in [6, 6.07) is 10.7. The number of carbonyl (C=O) groups excluding carboxylic acids is 2. The lowest BCUT2D eigenvalue weighted by Gasteiger charge is -2.29. The van der Waals surface area contributed by atoms with E-state index in [1.165, 1.54) is 4.90 Å². The minimum Gasteiger partial charge on any atom is -0.497 e. The number of amides is 2. The first-order valence-electron chi connectivity index (χ1n) is 9.25. The number of ether oxygens (including phenoxy) is 2. The second-order valence-corrected chi connectivity index (χ2v) is 7.03. The molecule has 1 atom stereocenters. The molecule has 0 spiro atoms. The monoisotopic (exact) mass is 381 g/mol. The fourth-order valence-electron chi connectivity index (χ4n) is 4.12. The number of nitrogens with zero attached hydrogens (tertiary/aromatic N) is 2. The van der Waals surface area contributed by atoms with Gasteiger partial charge in [-0.25, -0.2) is 0 Å². The van der Waals surface area contributed by atoms with Gasteiger partial charge in [0.1, 0.15) is 11.5 Å². The normalized spacial score (nSPS) is 19.2. The van der Waals surface area contributed by atoms with Crippen LogP contribution in [0.2, 0.25) is 0 Å². The lowest BCUT2D eigenvalue weighted by Crippen LogP contribution is -2.41. The number of hydrogen-bond acceptors (Lipinski definition) is 6. The summed E-state index contributed by atoms with van der Waals surface area (Å²) in [5, 5.41) is 0. The van der Waals surface area contributed by atoms with E-state index >= 15 is 0 Å². The quantitative estimate of drug-likeness (QED) is 0.633. The summed E-state index contributed by atoms with van der Waals surface area (Å²) in [4.78, 5) is 29.0. The van der Waals surface area contributed by atoms with Crippen molar-refractivity contribution in [2.75, 3.05) is 33.2 Å². The number of nitrogen functional groups attached to an aromatic ring is 1. The second kappa shape index (κ2) is 7.16. The van der Waals surface area contributed by atoms with Gasteiger partial charge in [-0.05, 0) is 43.2 Å². The molecule has 0 aliphatic carbocycles. The van der Waals surface area contributed by atoms with Crippen LogP contribution in [0.1, 0.15) is 45.2 Å². The van der Waals surface area contributed by atoms with Crippen LogP contribution in [-0.2, 0) is 0 Å². The molecule has 2 aliphatic heterocycles. The molecule has 0 aromatic heterocycles. The summed E-state index contributed by atoms with van der Waals surface area (Å²) in [5.41, 5.74) is 7.96. The van der Waals surface area contributed by atoms with E-state index in [0.29, 0.717) is 16.8 Å². The first kappa shape index (κ1) is 18.3. The third-order valence-electron chi connectivity index (χ3n) is 5.51. The van der Waals surface area contributed by atoms with Crippen LogP contribution < -0.4 is 15.2 Å². The summed E-state index contributed by atoms with van der Waals surface area (Å²) in [5.74, 6) is 0.886. The van der Waals surface area contributed by atoms with E-state index in [1.54, 1.807) is 32.4 Å². The van der Waals surface area contributed by atoms with E-state index in [-0.39, 0.29) is 24.5 Å². The Kier molecular flexibility index (Phi) is 4.68. The predicted octanol–water partition coefficient (Wildman–Crippen LogP) is 2.68. The zero-order valence-corrected chi connectivity index (χ0v) is 16.0. The van der Waals surface area contributed by atoms with Crippen molar-refractivity contribution in [2.45, 2.75) is 18.9 Å². The Hall–Kier alpha value is -3.06. The Bertz CT molecular complexity index is 943. The van der Waals surface area contributed by atoms with Crippen molar-refractivity contribution in [1.82, 2.24) is 9.80 Å². The molecule has 2 aromatic carbocycles. The molecule has 1 saturated heterocycles. The lowest BCUT2D eigenvalue weighted by molar-refractivity contribution is 0.0526. The molecule has 0 radical (unpaired) electrons. The maximum absolute atomic E-state index is 12.8. The van der Waals surface area contributed by atoms with Crippen LogP contribution in [0.3, 0.4) is 0 Å². The molecule has 146 valence electrons. The van der Waals surface area contributed by atoms with Crippen LogP contribution in [0, 0.1) is 0 Å². The van der Waals surface area contributed by atoms with Gasteiger partial charge in [0.15, 0.2) is 0 Å². The van der Waals surface area contributed by atoms with E-state index < -0.39 is 0 Å². The topological polar surface area (TPSA) is 85.1 Å². The Balaban J connectivity index is 1.62. The zero-order valence-electron chi connectivity index (χ0n) is 16.0. The van der Waals surface area contributed by atoms with E-state index in [1.807, 2.05) is 18.2 Å². The number of methoxy groups -OCH3 is 2. The first-order valence-corrected chi connectivity index (χ1v) is 9.25. The molecule has 2 amide bonds. The average Bonchev–Trinajstić information content (AvgIpc) is 3.27. The number of rotatable bonds is 5. The van der Waals surface area contributed by atoms with Crippen molar-refractivity contribution in [3.63, 3.8) is 0 Å². The van der Waals surface area contributed by atoms with E-state index in [2.05, 4.69) is 4.90 Å². The number of carbonyl (C=O) groups is 2. The van der Waals surface area contributed by atoms with Crippen LogP contribution in [0.5, 0.6) is 11.5 Å². The Morgan fingerprint density at radius 1 is 1.11 bits per heavy atom. The van der Waals surface area contributed by atoms with Crippen molar-refractivity contribution < 1.29 is 19.1 Å². The first-order chi connectivity index (χ1) is 13.5. The second-order valence-electron chi connectivity index (χ2n) is 7.03. The molecule has 2 heterocycles. The van der Waals surface area contributed by atoms with Gasteiger partial charge in [0.05, 0.1) is 32.0 Å². The number of imide groups is 1. The minimum absolute atomic E-state index is 0.0340.